The molecule has 0 radical (unpaired) electrons. The second kappa shape index (κ2) is 8.33. The Bertz CT molecular complexity index is 652. The van der Waals surface area contributed by atoms with Crippen molar-refractivity contribution in [3.05, 3.63) is 46.5 Å². The van der Waals surface area contributed by atoms with Gasteiger partial charge in [0, 0.05) is 42.8 Å². The van der Waals surface area contributed by atoms with Crippen LogP contribution in [0.1, 0.15) is 5.56 Å². The molecule has 0 aromatic heterocycles. The predicted octanol–water partition coefficient (Wildman–Crippen LogP) is 2.12. The van der Waals surface area contributed by atoms with E-state index in [-0.39, 0.29) is 5.91 Å². The van der Waals surface area contributed by atoms with Gasteiger partial charge in [0.25, 0.3) is 0 Å². The van der Waals surface area contributed by atoms with Crippen LogP contribution in [0.5, 0.6) is 5.75 Å². The molecule has 6 heteroatoms. The monoisotopic (exact) mass is 348 g/mol. The maximum atomic E-state index is 11.9. The van der Waals surface area contributed by atoms with E-state index in [1.165, 1.54) is 0 Å². The van der Waals surface area contributed by atoms with Gasteiger partial charge in [0.15, 0.2) is 0 Å². The molecule has 0 spiro atoms. The number of morpholine rings is 1. The van der Waals surface area contributed by atoms with Gasteiger partial charge >= 0.3 is 0 Å². The van der Waals surface area contributed by atoms with Crippen LogP contribution in [0.2, 0.25) is 5.02 Å². The first-order chi connectivity index (χ1) is 11.7. The highest BCUT2D eigenvalue weighted by molar-refractivity contribution is 6.30. The Labute approximate surface area is 146 Å². The van der Waals surface area contributed by atoms with E-state index in [9.17, 15) is 4.79 Å². The molecule has 2 aliphatic rings. The maximum absolute atomic E-state index is 11.9. The average molecular weight is 349 g/mol. The molecular formula is C18H21ClN2O3. The van der Waals surface area contributed by atoms with Gasteiger partial charge in [0.1, 0.15) is 12.4 Å². The molecule has 2 aliphatic heterocycles. The van der Waals surface area contributed by atoms with E-state index in [1.54, 1.807) is 18.2 Å². The number of nitrogens with one attached hydrogen (secondary N) is 1. The van der Waals surface area contributed by atoms with Crippen molar-refractivity contribution in [1.82, 2.24) is 10.2 Å². The third-order valence-corrected chi connectivity index (χ3v) is 4.22. The van der Waals surface area contributed by atoms with E-state index >= 15 is 0 Å². The van der Waals surface area contributed by atoms with Gasteiger partial charge in [-0.25, -0.2) is 0 Å². The third-order valence-electron chi connectivity index (χ3n) is 3.99. The SMILES string of the molecule is O=C(/C=C/C1=Cc2cc(Cl)ccc2OC1)NCCN1CCOCC1. The molecule has 0 bridgehead atoms. The van der Waals surface area contributed by atoms with E-state index in [0.29, 0.717) is 18.2 Å². The van der Waals surface area contributed by atoms with Crippen LogP contribution in [0.4, 0.5) is 0 Å². The Hall–Kier alpha value is -1.82. The lowest BCUT2D eigenvalue weighted by atomic mass is 10.1. The van der Waals surface area contributed by atoms with Gasteiger partial charge in [-0.3, -0.25) is 9.69 Å². The molecule has 1 N–H and O–H groups in total. The van der Waals surface area contributed by atoms with Crippen LogP contribution in [-0.4, -0.2) is 56.8 Å². The van der Waals surface area contributed by atoms with Crippen molar-refractivity contribution in [2.24, 2.45) is 0 Å². The fourth-order valence-electron chi connectivity index (χ4n) is 2.67. The zero-order chi connectivity index (χ0) is 16.8. The number of hydrogen-bond donors (Lipinski definition) is 1. The highest BCUT2D eigenvalue weighted by atomic mass is 35.5. The summed E-state index contributed by atoms with van der Waals surface area (Å²) in [7, 11) is 0. The first-order valence-electron chi connectivity index (χ1n) is 8.10. The summed E-state index contributed by atoms with van der Waals surface area (Å²) in [6.45, 7) is 5.33. The third kappa shape index (κ3) is 4.84. The Morgan fingerprint density at radius 3 is 3.00 bits per heavy atom. The zero-order valence-corrected chi connectivity index (χ0v) is 14.2. The van der Waals surface area contributed by atoms with Crippen LogP contribution >= 0.6 is 11.6 Å². The number of benzene rings is 1. The minimum absolute atomic E-state index is 0.0962. The lowest BCUT2D eigenvalue weighted by molar-refractivity contribution is -0.116. The summed E-state index contributed by atoms with van der Waals surface area (Å²) < 4.78 is 11.0. The van der Waals surface area contributed by atoms with Crippen LogP contribution < -0.4 is 10.1 Å². The summed E-state index contributed by atoms with van der Waals surface area (Å²) >= 11 is 5.99. The zero-order valence-electron chi connectivity index (χ0n) is 13.5. The lowest BCUT2D eigenvalue weighted by Gasteiger charge is -2.26. The lowest BCUT2D eigenvalue weighted by Crippen LogP contribution is -2.41. The summed E-state index contributed by atoms with van der Waals surface area (Å²) in [4.78, 5) is 14.2. The molecule has 0 atom stereocenters. The number of hydrogen-bond acceptors (Lipinski definition) is 4. The van der Waals surface area contributed by atoms with Crippen molar-refractivity contribution in [3.63, 3.8) is 0 Å². The highest BCUT2D eigenvalue weighted by Crippen LogP contribution is 2.29. The Morgan fingerprint density at radius 1 is 1.33 bits per heavy atom. The van der Waals surface area contributed by atoms with Crippen molar-refractivity contribution in [2.75, 3.05) is 46.0 Å². The molecule has 0 unspecified atom stereocenters. The van der Waals surface area contributed by atoms with Crippen LogP contribution in [0.3, 0.4) is 0 Å². The van der Waals surface area contributed by atoms with Crippen molar-refractivity contribution in [1.29, 1.82) is 0 Å². The summed E-state index contributed by atoms with van der Waals surface area (Å²) in [5, 5.41) is 3.57. The van der Waals surface area contributed by atoms with E-state index in [4.69, 9.17) is 21.1 Å². The number of nitrogens with zero attached hydrogens (tertiary/aromatic N) is 1. The van der Waals surface area contributed by atoms with Gasteiger partial charge in [-0.2, -0.15) is 0 Å². The Balaban J connectivity index is 1.47. The smallest absolute Gasteiger partial charge is 0.244 e. The van der Waals surface area contributed by atoms with E-state index in [2.05, 4.69) is 10.2 Å². The molecule has 24 heavy (non-hydrogen) atoms. The largest absolute Gasteiger partial charge is 0.488 e. The van der Waals surface area contributed by atoms with Crippen molar-refractivity contribution < 1.29 is 14.3 Å². The molecule has 128 valence electrons. The minimum atomic E-state index is -0.0962. The summed E-state index contributed by atoms with van der Waals surface area (Å²) in [5.41, 5.74) is 1.87. The second-order valence-corrected chi connectivity index (χ2v) is 6.20. The van der Waals surface area contributed by atoms with Crippen molar-refractivity contribution in [2.45, 2.75) is 0 Å². The standard InChI is InChI=1S/C18H21ClN2O3/c19-16-2-3-17-15(12-16)11-14(13-24-17)1-4-18(22)20-5-6-21-7-9-23-10-8-21/h1-4,11-12H,5-10,13H2,(H,20,22)/b4-1+. The topological polar surface area (TPSA) is 50.8 Å². The number of amides is 1. The molecule has 5 nitrogen and oxygen atoms in total. The summed E-state index contributed by atoms with van der Waals surface area (Å²) in [6.07, 6.45) is 5.32. The van der Waals surface area contributed by atoms with Crippen molar-refractivity contribution in [3.8, 4) is 5.75 Å². The molecule has 1 saturated heterocycles. The first-order valence-corrected chi connectivity index (χ1v) is 8.47. The Morgan fingerprint density at radius 2 is 2.17 bits per heavy atom. The molecule has 0 saturated carbocycles. The predicted molar refractivity (Wildman–Crippen MR) is 94.3 cm³/mol. The van der Waals surface area contributed by atoms with Crippen LogP contribution in [0.15, 0.2) is 35.9 Å². The molecule has 1 aromatic rings. The van der Waals surface area contributed by atoms with Crippen molar-refractivity contribution >= 4 is 23.6 Å². The quantitative estimate of drug-likeness (QED) is 0.828. The van der Waals surface area contributed by atoms with Gasteiger partial charge in [-0.1, -0.05) is 17.7 Å². The van der Waals surface area contributed by atoms with Gasteiger partial charge in [-0.05, 0) is 29.8 Å². The van der Waals surface area contributed by atoms with Crippen LogP contribution in [0.25, 0.3) is 6.08 Å². The normalized spacial score (nSPS) is 18.0. The number of fused-ring (bicyclic) bond motifs is 1. The summed E-state index contributed by atoms with van der Waals surface area (Å²) in [6, 6.07) is 5.51. The van der Waals surface area contributed by atoms with Gasteiger partial charge in [0.05, 0.1) is 13.2 Å². The van der Waals surface area contributed by atoms with Gasteiger partial charge < -0.3 is 14.8 Å². The molecule has 2 heterocycles. The molecule has 3 rings (SSSR count). The minimum Gasteiger partial charge on any atom is -0.488 e. The van der Waals surface area contributed by atoms with Gasteiger partial charge in [0.2, 0.25) is 5.91 Å². The van der Waals surface area contributed by atoms with E-state index in [1.807, 2.05) is 18.2 Å². The van der Waals surface area contributed by atoms with Crippen LogP contribution in [-0.2, 0) is 9.53 Å². The summed E-state index contributed by atoms with van der Waals surface area (Å²) in [5.74, 6) is 0.715. The molecular weight excluding hydrogens is 328 g/mol. The van der Waals surface area contributed by atoms with E-state index < -0.39 is 0 Å². The fourth-order valence-corrected chi connectivity index (χ4v) is 2.85. The number of carbonyl (C=O) groups excluding carboxylic acids is 1. The first kappa shape index (κ1) is 17.0. The van der Waals surface area contributed by atoms with Gasteiger partial charge in [-0.15, -0.1) is 0 Å². The molecule has 1 aromatic carbocycles. The number of ether oxygens (including phenoxy) is 2. The molecule has 0 aliphatic carbocycles. The number of halogens is 1. The molecule has 1 fully saturated rings. The number of rotatable bonds is 5. The van der Waals surface area contributed by atoms with Crippen LogP contribution in [0, 0.1) is 0 Å². The highest BCUT2D eigenvalue weighted by Gasteiger charge is 2.11. The average Bonchev–Trinajstić information content (AvgIpc) is 2.60. The Kier molecular flexibility index (Phi) is 5.91. The second-order valence-electron chi connectivity index (χ2n) is 5.77. The van der Waals surface area contributed by atoms with E-state index in [0.717, 1.165) is 49.7 Å². The maximum Gasteiger partial charge on any atom is 0.244 e. The fraction of sp³-hybridized carbons (Fsp3) is 0.389. The molecule has 1 amide bonds. The number of carbonyl (C=O) groups is 1.